The molecule has 0 saturated carbocycles. The number of hydrogen-bond acceptors (Lipinski definition) is 4. The van der Waals surface area contributed by atoms with Crippen LogP contribution in [0.1, 0.15) is 5.56 Å². The topological polar surface area (TPSA) is 69.4 Å². The highest BCUT2D eigenvalue weighted by Gasteiger charge is 2.13. The fourth-order valence-corrected chi connectivity index (χ4v) is 1.17. The number of carbonyl (C=O) groups is 1. The Bertz CT molecular complexity index is 380. The Morgan fingerprint density at radius 2 is 2.13 bits per heavy atom. The first-order valence-corrected chi connectivity index (χ1v) is 5.21. The molecule has 0 bridgehead atoms. The zero-order valence-electron chi connectivity index (χ0n) is 7.68. The summed E-state index contributed by atoms with van der Waals surface area (Å²) >= 11 is 2.93. The number of ether oxygens (including phenoxy) is 1. The lowest BCUT2D eigenvalue weighted by Gasteiger charge is -2.03. The summed E-state index contributed by atoms with van der Waals surface area (Å²) in [4.78, 5) is 20.9. The molecule has 1 rings (SSSR count). The molecule has 0 heterocycles. The lowest BCUT2D eigenvalue weighted by atomic mass is 10.2. The molecule has 5 nitrogen and oxygen atoms in total. The first-order valence-electron chi connectivity index (χ1n) is 4.09. The van der Waals surface area contributed by atoms with Crippen LogP contribution in [0, 0.1) is 10.1 Å². The minimum Gasteiger partial charge on any atom is -0.460 e. The van der Waals surface area contributed by atoms with Crippen molar-refractivity contribution < 1.29 is 14.5 Å². The number of esters is 1. The number of carbonyl (C=O) groups excluding carboxylic acids is 1. The Hall–Kier alpha value is -1.43. The maximum Gasteiger partial charge on any atom is 0.316 e. The van der Waals surface area contributed by atoms with Gasteiger partial charge in [0.05, 0.1) is 10.5 Å². The van der Waals surface area contributed by atoms with Gasteiger partial charge in [0.25, 0.3) is 5.69 Å². The summed E-state index contributed by atoms with van der Waals surface area (Å²) in [5.41, 5.74) is 0.344. The molecule has 0 aliphatic carbocycles. The molecule has 0 unspecified atom stereocenters. The lowest BCUT2D eigenvalue weighted by molar-refractivity contribution is -0.385. The second-order valence-electron chi connectivity index (χ2n) is 2.68. The van der Waals surface area contributed by atoms with Crippen molar-refractivity contribution in [2.45, 2.75) is 6.61 Å². The van der Waals surface area contributed by atoms with E-state index in [4.69, 9.17) is 4.74 Å². The summed E-state index contributed by atoms with van der Waals surface area (Å²) in [5, 5.41) is 10.7. The molecule has 15 heavy (non-hydrogen) atoms. The van der Waals surface area contributed by atoms with E-state index in [2.05, 4.69) is 15.9 Å². The van der Waals surface area contributed by atoms with Gasteiger partial charge >= 0.3 is 5.97 Å². The van der Waals surface area contributed by atoms with Gasteiger partial charge in [-0.3, -0.25) is 14.9 Å². The van der Waals surface area contributed by atoms with Gasteiger partial charge in [-0.25, -0.2) is 0 Å². The summed E-state index contributed by atoms with van der Waals surface area (Å²) in [7, 11) is 0. The van der Waals surface area contributed by atoms with Crippen molar-refractivity contribution in [1.29, 1.82) is 0 Å². The van der Waals surface area contributed by atoms with E-state index in [1.807, 2.05) is 0 Å². The maximum atomic E-state index is 10.8. The van der Waals surface area contributed by atoms with Crippen molar-refractivity contribution in [3.63, 3.8) is 0 Å². The minimum atomic E-state index is -0.503. The maximum absolute atomic E-state index is 10.8. The van der Waals surface area contributed by atoms with Gasteiger partial charge in [0.2, 0.25) is 0 Å². The van der Waals surface area contributed by atoms with Crippen LogP contribution in [-0.2, 0) is 16.1 Å². The highest BCUT2D eigenvalue weighted by Crippen LogP contribution is 2.18. The Balaban J connectivity index is 2.76. The van der Waals surface area contributed by atoms with Crippen molar-refractivity contribution in [2.75, 3.05) is 5.33 Å². The quantitative estimate of drug-likeness (QED) is 0.364. The Kier molecular flexibility index (Phi) is 4.23. The van der Waals surface area contributed by atoms with Gasteiger partial charge in [-0.05, 0) is 6.07 Å². The van der Waals surface area contributed by atoms with E-state index in [1.54, 1.807) is 18.2 Å². The Labute approximate surface area is 94.3 Å². The van der Waals surface area contributed by atoms with Gasteiger partial charge in [-0.15, -0.1) is 0 Å². The number of nitro benzene ring substituents is 1. The summed E-state index contributed by atoms with van der Waals surface area (Å²) in [5.74, 6) is -0.451. The highest BCUT2D eigenvalue weighted by molar-refractivity contribution is 9.09. The summed E-state index contributed by atoms with van der Waals surface area (Å²) in [6.45, 7) is -0.0818. The van der Waals surface area contributed by atoms with Crippen molar-refractivity contribution in [3.8, 4) is 0 Å². The molecule has 0 atom stereocenters. The fourth-order valence-electron chi connectivity index (χ4n) is 1.01. The zero-order valence-corrected chi connectivity index (χ0v) is 9.27. The van der Waals surface area contributed by atoms with Gasteiger partial charge in [0.1, 0.15) is 11.9 Å². The first kappa shape index (κ1) is 11.6. The van der Waals surface area contributed by atoms with Crippen LogP contribution in [0.4, 0.5) is 5.69 Å². The molecule has 0 amide bonds. The molecule has 0 fully saturated rings. The number of alkyl halides is 1. The van der Waals surface area contributed by atoms with Gasteiger partial charge in [0.15, 0.2) is 0 Å². The molecule has 0 N–H and O–H groups in total. The Morgan fingerprint density at radius 1 is 1.47 bits per heavy atom. The van der Waals surface area contributed by atoms with Crippen LogP contribution in [0.25, 0.3) is 0 Å². The largest absolute Gasteiger partial charge is 0.460 e. The van der Waals surface area contributed by atoms with E-state index in [0.29, 0.717) is 5.56 Å². The molecule has 0 radical (unpaired) electrons. The second-order valence-corrected chi connectivity index (χ2v) is 3.24. The number of nitrogens with zero attached hydrogens (tertiary/aromatic N) is 1. The van der Waals surface area contributed by atoms with Crippen LogP contribution in [0.3, 0.4) is 0 Å². The highest BCUT2D eigenvalue weighted by atomic mass is 79.9. The molecular formula is C9H8BrNO4. The predicted octanol–water partition coefficient (Wildman–Crippen LogP) is 2.03. The molecular weight excluding hydrogens is 266 g/mol. The second kappa shape index (κ2) is 5.45. The fraction of sp³-hybridized carbons (Fsp3) is 0.222. The van der Waals surface area contributed by atoms with E-state index in [1.165, 1.54) is 6.07 Å². The molecule has 0 saturated heterocycles. The standard InChI is InChI=1S/C9H8BrNO4/c10-5-9(12)15-6-7-3-1-2-4-8(7)11(13)14/h1-4H,5-6H2. The normalized spacial score (nSPS) is 9.67. The zero-order chi connectivity index (χ0) is 11.3. The number of nitro groups is 1. The van der Waals surface area contributed by atoms with E-state index in [0.717, 1.165) is 0 Å². The minimum absolute atomic E-state index is 0.0418. The van der Waals surface area contributed by atoms with Gasteiger partial charge in [0, 0.05) is 6.07 Å². The lowest BCUT2D eigenvalue weighted by Crippen LogP contribution is -2.06. The van der Waals surface area contributed by atoms with Gasteiger partial charge in [-0.2, -0.15) is 0 Å². The third kappa shape index (κ3) is 3.32. The summed E-state index contributed by atoms with van der Waals surface area (Å²) in [6.07, 6.45) is 0. The van der Waals surface area contributed by atoms with Crippen LogP contribution >= 0.6 is 15.9 Å². The van der Waals surface area contributed by atoms with Crippen molar-refractivity contribution in [3.05, 3.63) is 39.9 Å². The third-order valence-electron chi connectivity index (χ3n) is 1.69. The van der Waals surface area contributed by atoms with Gasteiger partial charge in [-0.1, -0.05) is 28.1 Å². The molecule has 0 spiro atoms. The number of rotatable bonds is 4. The van der Waals surface area contributed by atoms with Crippen molar-refractivity contribution in [2.24, 2.45) is 0 Å². The van der Waals surface area contributed by atoms with E-state index < -0.39 is 10.9 Å². The molecule has 0 aliphatic rings. The van der Waals surface area contributed by atoms with Crippen molar-refractivity contribution in [1.82, 2.24) is 0 Å². The Morgan fingerprint density at radius 3 is 2.73 bits per heavy atom. The molecule has 80 valence electrons. The van der Waals surface area contributed by atoms with E-state index in [-0.39, 0.29) is 17.6 Å². The molecule has 1 aromatic rings. The predicted molar refractivity (Wildman–Crippen MR) is 56.7 cm³/mol. The van der Waals surface area contributed by atoms with Crippen LogP contribution in [0.15, 0.2) is 24.3 Å². The molecule has 1 aromatic carbocycles. The smallest absolute Gasteiger partial charge is 0.316 e. The number of benzene rings is 1. The van der Waals surface area contributed by atoms with E-state index in [9.17, 15) is 14.9 Å². The van der Waals surface area contributed by atoms with Gasteiger partial charge < -0.3 is 4.74 Å². The molecule has 6 heteroatoms. The van der Waals surface area contributed by atoms with Crippen LogP contribution in [0.5, 0.6) is 0 Å². The third-order valence-corrected chi connectivity index (χ3v) is 2.14. The van der Waals surface area contributed by atoms with E-state index >= 15 is 0 Å². The average molecular weight is 274 g/mol. The number of para-hydroxylation sites is 1. The van der Waals surface area contributed by atoms with Crippen LogP contribution < -0.4 is 0 Å². The van der Waals surface area contributed by atoms with Crippen LogP contribution in [0.2, 0.25) is 0 Å². The van der Waals surface area contributed by atoms with Crippen LogP contribution in [-0.4, -0.2) is 16.2 Å². The van der Waals surface area contributed by atoms with Crippen molar-refractivity contribution >= 4 is 27.6 Å². The summed E-state index contributed by atoms with van der Waals surface area (Å²) in [6, 6.07) is 6.15. The average Bonchev–Trinajstić information content (AvgIpc) is 2.26. The number of halogens is 1. The monoisotopic (exact) mass is 273 g/mol. The molecule has 0 aromatic heterocycles. The first-order chi connectivity index (χ1) is 7.15. The SMILES string of the molecule is O=C(CBr)OCc1ccccc1[N+](=O)[O-]. The molecule has 0 aliphatic heterocycles. The summed E-state index contributed by atoms with van der Waals surface area (Å²) < 4.78 is 4.78. The number of hydrogen-bond donors (Lipinski definition) is 0.